The molecular weight excluding hydrogens is 559 g/mol. The Balaban J connectivity index is 1.20. The molecule has 1 saturated heterocycles. The summed E-state index contributed by atoms with van der Waals surface area (Å²) in [5.74, 6) is 0.647. The second-order valence-corrected chi connectivity index (χ2v) is 12.1. The Morgan fingerprint density at radius 1 is 1.05 bits per heavy atom. The lowest BCUT2D eigenvalue weighted by Gasteiger charge is -2.35. The quantitative estimate of drug-likeness (QED) is 0.326. The number of likely N-dealkylation sites (tertiary alicyclic amines) is 1. The third-order valence-corrected chi connectivity index (χ3v) is 9.08. The van der Waals surface area contributed by atoms with Crippen LogP contribution in [0.2, 0.25) is 0 Å². The van der Waals surface area contributed by atoms with Gasteiger partial charge in [-0.25, -0.2) is 9.37 Å². The van der Waals surface area contributed by atoms with Gasteiger partial charge in [-0.3, -0.25) is 14.5 Å². The zero-order valence-corrected chi connectivity index (χ0v) is 25.4. The molecule has 10 heteroatoms. The molecule has 0 spiro atoms. The Bertz CT molecular complexity index is 1810. The van der Waals surface area contributed by atoms with Crippen LogP contribution in [0.3, 0.4) is 0 Å². The summed E-state index contributed by atoms with van der Waals surface area (Å²) in [6.45, 7) is 4.93. The van der Waals surface area contributed by atoms with E-state index in [9.17, 15) is 9.59 Å². The highest BCUT2D eigenvalue weighted by atomic mass is 19.1. The summed E-state index contributed by atoms with van der Waals surface area (Å²) in [6, 6.07) is 10.3. The van der Waals surface area contributed by atoms with Crippen LogP contribution < -0.4 is 20.5 Å². The number of carbonyl (C=O) groups excluding carboxylic acids is 1. The molecule has 1 aromatic carbocycles. The molecule has 228 valence electrons. The predicted molar refractivity (Wildman–Crippen MR) is 169 cm³/mol. The fraction of sp³-hybridized carbons (Fsp3) is 0.382. The van der Waals surface area contributed by atoms with Gasteiger partial charge in [-0.05, 0) is 92.2 Å². The number of benzene rings is 1. The van der Waals surface area contributed by atoms with E-state index in [4.69, 9.17) is 4.74 Å². The van der Waals surface area contributed by atoms with Crippen LogP contribution in [0, 0.1) is 5.82 Å². The molecule has 2 aliphatic heterocycles. The van der Waals surface area contributed by atoms with Crippen LogP contribution >= 0.6 is 0 Å². The molecule has 1 amide bonds. The molecule has 1 aliphatic carbocycles. The molecular formula is C34H37FN6O3. The fourth-order valence-corrected chi connectivity index (χ4v) is 6.88. The Labute approximate surface area is 255 Å². The van der Waals surface area contributed by atoms with E-state index in [1.165, 1.54) is 28.0 Å². The molecule has 4 aromatic rings. The van der Waals surface area contributed by atoms with Crippen LogP contribution in [0.15, 0.2) is 53.6 Å². The standard InChI is InChI=1S/C34H37FN6O3/c1-4-26-27(15-23(35)16-30(26)41-12-11-40-29-8-6-5-7-21(29)14-31(40)34(41)43)22-13-28(33(42)39(3)18-22)37-32-10-9-24(17-36-32)44-25-19-38(2)20-25/h9-10,13-18,25H,4-8,11-12,19-20H2,1-3H3,(H,36,37). The molecule has 3 aromatic heterocycles. The van der Waals surface area contributed by atoms with Crippen molar-refractivity contribution in [3.8, 4) is 16.9 Å². The number of nitrogens with one attached hydrogen (secondary N) is 1. The highest BCUT2D eigenvalue weighted by Crippen LogP contribution is 2.37. The molecule has 5 heterocycles. The number of hydrogen-bond acceptors (Lipinski definition) is 6. The molecule has 0 saturated carbocycles. The molecule has 7 rings (SSSR count). The Hall–Kier alpha value is -4.44. The van der Waals surface area contributed by atoms with Crippen LogP contribution in [0.5, 0.6) is 5.75 Å². The first kappa shape index (κ1) is 28.3. The van der Waals surface area contributed by atoms with Crippen molar-refractivity contribution in [3.63, 3.8) is 0 Å². The molecule has 0 radical (unpaired) electrons. The number of carbonyl (C=O) groups is 1. The summed E-state index contributed by atoms with van der Waals surface area (Å²) in [4.78, 5) is 35.3. The summed E-state index contributed by atoms with van der Waals surface area (Å²) < 4.78 is 24.9. The number of ether oxygens (including phenoxy) is 1. The Kier molecular flexibility index (Phi) is 7.24. The number of anilines is 3. The lowest BCUT2D eigenvalue weighted by molar-refractivity contribution is 0.0386. The van der Waals surface area contributed by atoms with Gasteiger partial charge in [-0.2, -0.15) is 0 Å². The summed E-state index contributed by atoms with van der Waals surface area (Å²) in [7, 11) is 3.72. The first-order chi connectivity index (χ1) is 21.3. The van der Waals surface area contributed by atoms with E-state index in [0.717, 1.165) is 44.3 Å². The maximum Gasteiger partial charge on any atom is 0.274 e. The van der Waals surface area contributed by atoms with Crippen molar-refractivity contribution in [1.29, 1.82) is 0 Å². The van der Waals surface area contributed by atoms with Crippen molar-refractivity contribution in [1.82, 2.24) is 19.0 Å². The van der Waals surface area contributed by atoms with Gasteiger partial charge in [-0.15, -0.1) is 0 Å². The third kappa shape index (κ3) is 5.06. The fourth-order valence-electron chi connectivity index (χ4n) is 6.88. The van der Waals surface area contributed by atoms with Crippen LogP contribution in [0.4, 0.5) is 21.6 Å². The normalized spacial score (nSPS) is 16.8. The van der Waals surface area contributed by atoms with E-state index in [-0.39, 0.29) is 17.6 Å². The first-order valence-electron chi connectivity index (χ1n) is 15.4. The number of rotatable bonds is 7. The monoisotopic (exact) mass is 596 g/mol. The van der Waals surface area contributed by atoms with Gasteiger partial charge in [0, 0.05) is 50.7 Å². The number of likely N-dealkylation sites (N-methyl/N-ethyl adjacent to an activating group) is 1. The van der Waals surface area contributed by atoms with Crippen molar-refractivity contribution in [2.75, 3.05) is 36.9 Å². The molecule has 9 nitrogen and oxygen atoms in total. The number of fused-ring (bicyclic) bond motifs is 3. The first-order valence-corrected chi connectivity index (χ1v) is 15.4. The van der Waals surface area contributed by atoms with Crippen molar-refractivity contribution < 1.29 is 13.9 Å². The second-order valence-electron chi connectivity index (χ2n) is 12.1. The van der Waals surface area contributed by atoms with Crippen molar-refractivity contribution in [3.05, 3.63) is 87.5 Å². The average molecular weight is 597 g/mol. The largest absolute Gasteiger partial charge is 0.486 e. The van der Waals surface area contributed by atoms with E-state index < -0.39 is 5.82 Å². The van der Waals surface area contributed by atoms with Crippen molar-refractivity contribution >= 4 is 23.1 Å². The summed E-state index contributed by atoms with van der Waals surface area (Å²) in [5.41, 5.74) is 6.07. The highest BCUT2D eigenvalue weighted by Gasteiger charge is 2.32. The van der Waals surface area contributed by atoms with Gasteiger partial charge in [0.25, 0.3) is 11.5 Å². The second kappa shape index (κ2) is 11.2. The summed E-state index contributed by atoms with van der Waals surface area (Å²) >= 11 is 0. The van der Waals surface area contributed by atoms with E-state index in [2.05, 4.69) is 19.8 Å². The number of hydrogen-bond donors (Lipinski definition) is 1. The van der Waals surface area contributed by atoms with Crippen LogP contribution in [-0.2, 0) is 32.9 Å². The number of aryl methyl sites for hydroxylation is 2. The zero-order chi connectivity index (χ0) is 30.5. The van der Waals surface area contributed by atoms with Gasteiger partial charge < -0.3 is 24.1 Å². The third-order valence-electron chi connectivity index (χ3n) is 9.08. The van der Waals surface area contributed by atoms with Gasteiger partial charge in [0.05, 0.1) is 11.9 Å². The van der Waals surface area contributed by atoms with Gasteiger partial charge in [0.2, 0.25) is 0 Å². The average Bonchev–Trinajstić information content (AvgIpc) is 3.39. The topological polar surface area (TPSA) is 84.6 Å². The SMILES string of the molecule is CCc1c(-c2cc(Nc3ccc(OC4CN(C)C4)cn3)c(=O)n(C)c2)cc(F)cc1N1CCn2c(cc3c2CCCC3)C1=O. The van der Waals surface area contributed by atoms with Gasteiger partial charge in [0.1, 0.15) is 34.9 Å². The van der Waals surface area contributed by atoms with Crippen molar-refractivity contribution in [2.24, 2.45) is 7.05 Å². The molecule has 1 fully saturated rings. The van der Waals surface area contributed by atoms with E-state index >= 15 is 4.39 Å². The minimum absolute atomic E-state index is 0.0949. The van der Waals surface area contributed by atoms with E-state index in [0.29, 0.717) is 59.3 Å². The molecule has 0 unspecified atom stereocenters. The van der Waals surface area contributed by atoms with Gasteiger partial charge in [-0.1, -0.05) is 6.92 Å². The predicted octanol–water partition coefficient (Wildman–Crippen LogP) is 4.93. The maximum absolute atomic E-state index is 15.3. The minimum atomic E-state index is -0.432. The van der Waals surface area contributed by atoms with Crippen molar-refractivity contribution in [2.45, 2.75) is 51.7 Å². The molecule has 0 atom stereocenters. The smallest absolute Gasteiger partial charge is 0.274 e. The van der Waals surface area contributed by atoms with E-state index in [1.807, 2.05) is 26.1 Å². The molecule has 44 heavy (non-hydrogen) atoms. The van der Waals surface area contributed by atoms with Crippen LogP contribution in [-0.4, -0.2) is 57.7 Å². The van der Waals surface area contributed by atoms with E-state index in [1.54, 1.807) is 36.5 Å². The number of halogens is 1. The van der Waals surface area contributed by atoms with Gasteiger partial charge in [0.15, 0.2) is 0 Å². The molecule has 3 aliphatic rings. The van der Waals surface area contributed by atoms with Crippen LogP contribution in [0.1, 0.15) is 47.1 Å². The number of nitrogens with zero attached hydrogens (tertiary/aromatic N) is 5. The zero-order valence-electron chi connectivity index (χ0n) is 25.4. The molecule has 1 N–H and O–H groups in total. The maximum atomic E-state index is 15.3. The highest BCUT2D eigenvalue weighted by molar-refractivity contribution is 6.07. The Morgan fingerprint density at radius 3 is 2.61 bits per heavy atom. The minimum Gasteiger partial charge on any atom is -0.486 e. The van der Waals surface area contributed by atoms with Gasteiger partial charge >= 0.3 is 0 Å². The molecule has 0 bridgehead atoms. The summed E-state index contributed by atoms with van der Waals surface area (Å²) in [5, 5.41) is 3.14. The number of aromatic nitrogens is 3. The lowest BCUT2D eigenvalue weighted by Crippen LogP contribution is -2.51. The number of pyridine rings is 2. The van der Waals surface area contributed by atoms with Crippen LogP contribution in [0.25, 0.3) is 11.1 Å². The number of amides is 1. The summed E-state index contributed by atoms with van der Waals surface area (Å²) in [6.07, 6.45) is 8.39. The Morgan fingerprint density at radius 2 is 1.86 bits per heavy atom. The lowest BCUT2D eigenvalue weighted by atomic mass is 9.95.